The fraction of sp³-hybridized carbons (Fsp3) is 0.368. The molecule has 0 bridgehead atoms. The molecule has 1 amide bonds. The van der Waals surface area contributed by atoms with Crippen LogP contribution >= 0.6 is 11.3 Å². The molecule has 144 valence electrons. The maximum atomic E-state index is 12.4. The summed E-state index contributed by atoms with van der Waals surface area (Å²) in [7, 11) is -1.88. The Hall–Kier alpha value is -2.19. The van der Waals surface area contributed by atoms with Gasteiger partial charge >= 0.3 is 0 Å². The normalized spacial score (nSPS) is 16.0. The fourth-order valence-electron chi connectivity index (χ4n) is 2.91. The van der Waals surface area contributed by atoms with Gasteiger partial charge < -0.3 is 10.2 Å². The molecule has 2 heterocycles. The number of amides is 1. The summed E-state index contributed by atoms with van der Waals surface area (Å²) >= 11 is 1.69. The van der Waals surface area contributed by atoms with E-state index >= 15 is 0 Å². The number of nitrogens with one attached hydrogen (secondary N) is 1. The van der Waals surface area contributed by atoms with Gasteiger partial charge in [0.2, 0.25) is 5.91 Å². The molecule has 1 fully saturated rings. The summed E-state index contributed by atoms with van der Waals surface area (Å²) in [5.74, 6) is 0.521. The largest absolute Gasteiger partial charge is 0.362 e. The van der Waals surface area contributed by atoms with E-state index in [0.29, 0.717) is 24.4 Å². The minimum atomic E-state index is -3.73. The summed E-state index contributed by atoms with van der Waals surface area (Å²) < 4.78 is 28.8. The molecule has 1 aliphatic heterocycles. The van der Waals surface area contributed by atoms with Gasteiger partial charge in [-0.2, -0.15) is 8.42 Å². The topological polar surface area (TPSA) is 78.8 Å². The molecule has 1 aromatic heterocycles. The quantitative estimate of drug-likeness (QED) is 0.764. The lowest BCUT2D eigenvalue weighted by Gasteiger charge is -2.11. The highest BCUT2D eigenvalue weighted by Gasteiger charge is 2.20. The average molecular weight is 406 g/mol. The number of anilines is 1. The van der Waals surface area contributed by atoms with Gasteiger partial charge in [0, 0.05) is 37.0 Å². The number of thiophene rings is 1. The van der Waals surface area contributed by atoms with Crippen molar-refractivity contribution < 1.29 is 13.2 Å². The van der Waals surface area contributed by atoms with Crippen molar-refractivity contribution in [1.82, 2.24) is 4.90 Å². The van der Waals surface area contributed by atoms with E-state index in [0.717, 1.165) is 25.8 Å². The highest BCUT2D eigenvalue weighted by Crippen LogP contribution is 2.19. The Morgan fingerprint density at radius 3 is 2.67 bits per heavy atom. The van der Waals surface area contributed by atoms with Crippen LogP contribution < -0.4 is 5.32 Å². The van der Waals surface area contributed by atoms with Gasteiger partial charge in [0.05, 0.1) is 4.90 Å². The molecule has 2 aromatic rings. The number of hydrogen-bond donors (Lipinski definition) is 1. The number of nitrogens with zero attached hydrogens (tertiary/aromatic N) is 2. The van der Waals surface area contributed by atoms with Crippen molar-refractivity contribution in [2.75, 3.05) is 18.9 Å². The lowest BCUT2D eigenvalue weighted by atomic mass is 10.2. The first kappa shape index (κ1) is 19.6. The maximum absolute atomic E-state index is 12.4. The summed E-state index contributed by atoms with van der Waals surface area (Å²) in [5.41, 5.74) is 0.584. The number of sulfonamides is 1. The van der Waals surface area contributed by atoms with E-state index in [1.54, 1.807) is 23.5 Å². The molecular weight excluding hydrogens is 382 g/mol. The van der Waals surface area contributed by atoms with E-state index in [9.17, 15) is 13.2 Å². The summed E-state index contributed by atoms with van der Waals surface area (Å²) in [6, 6.07) is 10.2. The van der Waals surface area contributed by atoms with E-state index in [4.69, 9.17) is 0 Å². The van der Waals surface area contributed by atoms with Crippen LogP contribution in [0.5, 0.6) is 0 Å². The summed E-state index contributed by atoms with van der Waals surface area (Å²) in [6.07, 6.45) is 3.69. The molecule has 6 nitrogen and oxygen atoms in total. The second-order valence-corrected chi connectivity index (χ2v) is 9.15. The van der Waals surface area contributed by atoms with E-state index in [-0.39, 0.29) is 10.8 Å². The fourth-order valence-corrected chi connectivity index (χ4v) is 4.76. The lowest BCUT2D eigenvalue weighted by Crippen LogP contribution is -2.20. The first-order chi connectivity index (χ1) is 12.9. The monoisotopic (exact) mass is 405 g/mol. The number of benzene rings is 1. The van der Waals surface area contributed by atoms with Crippen molar-refractivity contribution in [3.8, 4) is 0 Å². The number of rotatable bonds is 7. The van der Waals surface area contributed by atoms with Crippen molar-refractivity contribution >= 4 is 38.8 Å². The van der Waals surface area contributed by atoms with Crippen LogP contribution in [0.2, 0.25) is 0 Å². The van der Waals surface area contributed by atoms with Gasteiger partial charge in [-0.15, -0.1) is 15.7 Å². The molecule has 0 radical (unpaired) electrons. The van der Waals surface area contributed by atoms with Crippen LogP contribution in [0.25, 0.3) is 0 Å². The molecule has 1 aromatic carbocycles. The van der Waals surface area contributed by atoms with Gasteiger partial charge in [-0.05, 0) is 55.0 Å². The number of hydrogen-bond acceptors (Lipinski definition) is 4. The van der Waals surface area contributed by atoms with Gasteiger partial charge in [-0.1, -0.05) is 6.07 Å². The molecule has 1 saturated heterocycles. The Morgan fingerprint density at radius 2 is 2.04 bits per heavy atom. The average Bonchev–Trinajstić information content (AvgIpc) is 3.28. The molecule has 0 spiro atoms. The van der Waals surface area contributed by atoms with Crippen molar-refractivity contribution in [1.29, 1.82) is 0 Å². The Balaban J connectivity index is 1.55. The molecule has 0 saturated carbocycles. The van der Waals surface area contributed by atoms with Crippen LogP contribution in [0, 0.1) is 0 Å². The molecule has 27 heavy (non-hydrogen) atoms. The Morgan fingerprint density at radius 1 is 1.26 bits per heavy atom. The first-order valence-electron chi connectivity index (χ1n) is 8.91. The smallest absolute Gasteiger partial charge is 0.283 e. The van der Waals surface area contributed by atoms with E-state index < -0.39 is 10.0 Å². The highest BCUT2D eigenvalue weighted by atomic mass is 32.2. The molecular formula is C19H23N3O3S2. The van der Waals surface area contributed by atoms with E-state index in [2.05, 4.69) is 15.8 Å². The van der Waals surface area contributed by atoms with Crippen molar-refractivity contribution in [3.63, 3.8) is 0 Å². The molecule has 0 atom stereocenters. The van der Waals surface area contributed by atoms with E-state index in [1.807, 2.05) is 23.4 Å². The predicted octanol–water partition coefficient (Wildman–Crippen LogP) is 3.52. The van der Waals surface area contributed by atoms with Gasteiger partial charge in [-0.3, -0.25) is 4.79 Å². The zero-order valence-corrected chi connectivity index (χ0v) is 16.9. The van der Waals surface area contributed by atoms with Gasteiger partial charge in [-0.25, -0.2) is 0 Å². The summed E-state index contributed by atoms with van der Waals surface area (Å²) in [5, 5.41) is 4.83. The molecule has 8 heteroatoms. The Kier molecular flexibility index (Phi) is 6.28. The van der Waals surface area contributed by atoms with Crippen LogP contribution in [0.4, 0.5) is 5.69 Å². The highest BCUT2D eigenvalue weighted by molar-refractivity contribution is 7.90. The standard InChI is InChI=1S/C19H23N3O3S2/c1-22-13-3-7-18(22)21-27(24,25)17-11-9-15(10-12-17)20-19(23)8-2-5-16-6-4-14-26-16/h4,6,9-12,14H,2-3,5,7-8,13H2,1H3,(H,20,23). The Labute approximate surface area is 164 Å². The number of amidine groups is 1. The van der Waals surface area contributed by atoms with Crippen molar-refractivity contribution in [3.05, 3.63) is 46.7 Å². The third-order valence-electron chi connectivity index (χ3n) is 4.40. The first-order valence-corrected chi connectivity index (χ1v) is 11.2. The maximum Gasteiger partial charge on any atom is 0.283 e. The molecule has 3 rings (SSSR count). The second kappa shape index (κ2) is 8.67. The predicted molar refractivity (Wildman–Crippen MR) is 109 cm³/mol. The van der Waals surface area contributed by atoms with Crippen LogP contribution in [-0.4, -0.2) is 38.7 Å². The number of aryl methyl sites for hydroxylation is 1. The molecule has 1 N–H and O–H groups in total. The third-order valence-corrected chi connectivity index (χ3v) is 6.66. The number of likely N-dealkylation sites (tertiary alicyclic amines) is 1. The van der Waals surface area contributed by atoms with Crippen LogP contribution in [0.15, 0.2) is 51.1 Å². The van der Waals surface area contributed by atoms with E-state index in [1.165, 1.54) is 17.0 Å². The van der Waals surface area contributed by atoms with Crippen LogP contribution in [0.3, 0.4) is 0 Å². The lowest BCUT2D eigenvalue weighted by molar-refractivity contribution is -0.116. The third kappa shape index (κ3) is 5.40. The van der Waals surface area contributed by atoms with Crippen molar-refractivity contribution in [2.45, 2.75) is 37.0 Å². The molecule has 0 aliphatic carbocycles. The van der Waals surface area contributed by atoms with Gasteiger partial charge in [0.25, 0.3) is 10.0 Å². The van der Waals surface area contributed by atoms with Crippen LogP contribution in [0.1, 0.15) is 30.6 Å². The molecule has 1 aliphatic rings. The number of carbonyl (C=O) groups is 1. The summed E-state index contributed by atoms with van der Waals surface area (Å²) in [4.78, 5) is 15.3. The minimum Gasteiger partial charge on any atom is -0.362 e. The second-order valence-electron chi connectivity index (χ2n) is 6.51. The van der Waals surface area contributed by atoms with Crippen molar-refractivity contribution in [2.24, 2.45) is 4.40 Å². The zero-order chi connectivity index (χ0) is 19.3. The van der Waals surface area contributed by atoms with Gasteiger partial charge in [0.1, 0.15) is 5.84 Å². The SMILES string of the molecule is CN1CCCC1=NS(=O)(=O)c1ccc(NC(=O)CCCc2cccs2)cc1. The molecule has 0 unspecified atom stereocenters. The van der Waals surface area contributed by atoms with Gasteiger partial charge in [0.15, 0.2) is 0 Å². The zero-order valence-electron chi connectivity index (χ0n) is 15.2. The minimum absolute atomic E-state index is 0.0741. The number of carbonyl (C=O) groups excluding carboxylic acids is 1. The Bertz CT molecular complexity index is 904. The summed E-state index contributed by atoms with van der Waals surface area (Å²) in [6.45, 7) is 0.825. The van der Waals surface area contributed by atoms with Crippen LogP contribution in [-0.2, 0) is 21.2 Å².